The first-order valence-corrected chi connectivity index (χ1v) is 6.95. The molecule has 0 bridgehead atoms. The van der Waals surface area contributed by atoms with E-state index in [2.05, 4.69) is 17.6 Å². The standard InChI is InChI=1S/C14H26N2O3/c1-5-6-14(8-15-9-14)16-12(19)10(7-11(17)18)13(2,3)4/h10,15H,5-9H2,1-4H3,(H,16,19)(H,17,18). The van der Waals surface area contributed by atoms with Crippen molar-refractivity contribution < 1.29 is 14.7 Å². The van der Waals surface area contributed by atoms with Gasteiger partial charge in [-0.3, -0.25) is 9.59 Å². The quantitative estimate of drug-likeness (QED) is 0.681. The van der Waals surface area contributed by atoms with Crippen molar-refractivity contribution >= 4 is 11.9 Å². The molecule has 5 nitrogen and oxygen atoms in total. The molecule has 3 N–H and O–H groups in total. The second kappa shape index (κ2) is 5.90. The number of amides is 1. The summed E-state index contributed by atoms with van der Waals surface area (Å²) in [5.74, 6) is -1.56. The highest BCUT2D eigenvalue weighted by atomic mass is 16.4. The molecule has 1 saturated heterocycles. The number of carboxylic acid groups (broad SMARTS) is 1. The number of carboxylic acids is 1. The van der Waals surface area contributed by atoms with Gasteiger partial charge in [-0.1, -0.05) is 34.1 Å². The number of rotatable bonds is 6. The summed E-state index contributed by atoms with van der Waals surface area (Å²) in [4.78, 5) is 23.3. The van der Waals surface area contributed by atoms with Gasteiger partial charge in [0.1, 0.15) is 0 Å². The van der Waals surface area contributed by atoms with Crippen LogP contribution in [0, 0.1) is 11.3 Å². The van der Waals surface area contributed by atoms with E-state index in [4.69, 9.17) is 5.11 Å². The van der Waals surface area contributed by atoms with Gasteiger partial charge in [0, 0.05) is 13.1 Å². The van der Waals surface area contributed by atoms with Crippen molar-refractivity contribution in [2.45, 2.75) is 52.5 Å². The lowest BCUT2D eigenvalue weighted by molar-refractivity contribution is -0.144. The highest BCUT2D eigenvalue weighted by Gasteiger charge is 2.41. The maximum atomic E-state index is 12.4. The summed E-state index contributed by atoms with van der Waals surface area (Å²) in [6.45, 7) is 9.36. The molecule has 1 aliphatic heterocycles. The Labute approximate surface area is 115 Å². The number of hydrogen-bond donors (Lipinski definition) is 3. The maximum absolute atomic E-state index is 12.4. The Bertz CT molecular complexity index is 343. The topological polar surface area (TPSA) is 78.4 Å². The van der Waals surface area contributed by atoms with Gasteiger partial charge in [0.05, 0.1) is 17.9 Å². The van der Waals surface area contributed by atoms with E-state index >= 15 is 0 Å². The van der Waals surface area contributed by atoms with Crippen molar-refractivity contribution in [2.75, 3.05) is 13.1 Å². The largest absolute Gasteiger partial charge is 0.481 e. The van der Waals surface area contributed by atoms with Crippen molar-refractivity contribution in [3.05, 3.63) is 0 Å². The maximum Gasteiger partial charge on any atom is 0.304 e. The molecule has 0 aromatic heterocycles. The summed E-state index contributed by atoms with van der Waals surface area (Å²) in [6.07, 6.45) is 1.81. The molecule has 1 aliphatic rings. The molecule has 5 heteroatoms. The van der Waals surface area contributed by atoms with E-state index in [0.29, 0.717) is 0 Å². The zero-order chi connectivity index (χ0) is 14.7. The Balaban J connectivity index is 2.74. The second-order valence-corrected chi connectivity index (χ2v) is 6.64. The first-order valence-electron chi connectivity index (χ1n) is 6.95. The lowest BCUT2D eigenvalue weighted by atomic mass is 9.77. The van der Waals surface area contributed by atoms with Crippen molar-refractivity contribution in [1.29, 1.82) is 0 Å². The first-order chi connectivity index (χ1) is 8.70. The average Bonchev–Trinajstić information content (AvgIpc) is 2.21. The van der Waals surface area contributed by atoms with Crippen molar-refractivity contribution in [2.24, 2.45) is 11.3 Å². The van der Waals surface area contributed by atoms with Gasteiger partial charge in [0.25, 0.3) is 0 Å². The Morgan fingerprint density at radius 1 is 1.37 bits per heavy atom. The summed E-state index contributed by atoms with van der Waals surface area (Å²) in [6, 6.07) is 0. The van der Waals surface area contributed by atoms with Gasteiger partial charge in [0.2, 0.25) is 5.91 Å². The van der Waals surface area contributed by atoms with Gasteiger partial charge >= 0.3 is 5.97 Å². The first kappa shape index (κ1) is 16.0. The molecular formula is C14H26N2O3. The minimum atomic E-state index is -0.925. The molecule has 1 atom stereocenters. The fourth-order valence-corrected chi connectivity index (χ4v) is 2.55. The van der Waals surface area contributed by atoms with E-state index in [0.717, 1.165) is 25.9 Å². The van der Waals surface area contributed by atoms with Gasteiger partial charge in [-0.25, -0.2) is 0 Å². The molecule has 0 aliphatic carbocycles. The van der Waals surface area contributed by atoms with Gasteiger partial charge in [-0.05, 0) is 11.8 Å². The van der Waals surface area contributed by atoms with Gasteiger partial charge < -0.3 is 15.7 Å². The van der Waals surface area contributed by atoms with Crippen LogP contribution in [0.3, 0.4) is 0 Å². The third-order valence-corrected chi connectivity index (χ3v) is 3.78. The number of nitrogens with one attached hydrogen (secondary N) is 2. The lowest BCUT2D eigenvalue weighted by Crippen LogP contribution is -2.69. The van der Waals surface area contributed by atoms with Crippen LogP contribution in [0.2, 0.25) is 0 Å². The van der Waals surface area contributed by atoms with Gasteiger partial charge in [0.15, 0.2) is 0 Å². The molecule has 19 heavy (non-hydrogen) atoms. The van der Waals surface area contributed by atoms with E-state index in [1.165, 1.54) is 0 Å². The van der Waals surface area contributed by atoms with E-state index in [-0.39, 0.29) is 23.3 Å². The second-order valence-electron chi connectivity index (χ2n) is 6.64. The van der Waals surface area contributed by atoms with E-state index in [1.807, 2.05) is 20.8 Å². The fourth-order valence-electron chi connectivity index (χ4n) is 2.55. The Kier molecular flexibility index (Phi) is 4.96. The highest BCUT2D eigenvalue weighted by molar-refractivity contribution is 5.84. The zero-order valence-electron chi connectivity index (χ0n) is 12.4. The fraction of sp³-hybridized carbons (Fsp3) is 0.857. The van der Waals surface area contributed by atoms with Crippen molar-refractivity contribution in [3.63, 3.8) is 0 Å². The van der Waals surface area contributed by atoms with Crippen molar-refractivity contribution in [3.8, 4) is 0 Å². The summed E-state index contributed by atoms with van der Waals surface area (Å²) >= 11 is 0. The van der Waals surface area contributed by atoms with E-state index < -0.39 is 11.9 Å². The van der Waals surface area contributed by atoms with Crippen LogP contribution in [0.25, 0.3) is 0 Å². The Hall–Kier alpha value is -1.10. The lowest BCUT2D eigenvalue weighted by Gasteiger charge is -2.45. The number of aliphatic carboxylic acids is 1. The number of hydrogen-bond acceptors (Lipinski definition) is 3. The van der Waals surface area contributed by atoms with Crippen LogP contribution < -0.4 is 10.6 Å². The minimum Gasteiger partial charge on any atom is -0.481 e. The van der Waals surface area contributed by atoms with E-state index in [9.17, 15) is 9.59 Å². The molecule has 1 rings (SSSR count). The number of carbonyl (C=O) groups is 2. The molecule has 1 fully saturated rings. The normalized spacial score (nSPS) is 19.4. The summed E-state index contributed by atoms with van der Waals surface area (Å²) < 4.78 is 0. The average molecular weight is 270 g/mol. The molecule has 0 aromatic carbocycles. The van der Waals surface area contributed by atoms with Crippen LogP contribution in [-0.2, 0) is 9.59 Å². The molecule has 0 aromatic rings. The number of carbonyl (C=O) groups excluding carboxylic acids is 1. The third-order valence-electron chi connectivity index (χ3n) is 3.78. The monoisotopic (exact) mass is 270 g/mol. The van der Waals surface area contributed by atoms with Crippen molar-refractivity contribution in [1.82, 2.24) is 10.6 Å². The molecule has 1 heterocycles. The third kappa shape index (κ3) is 4.20. The van der Waals surface area contributed by atoms with Gasteiger partial charge in [-0.15, -0.1) is 0 Å². The zero-order valence-corrected chi connectivity index (χ0v) is 12.4. The van der Waals surface area contributed by atoms with Crippen LogP contribution in [0.15, 0.2) is 0 Å². The molecule has 1 amide bonds. The minimum absolute atomic E-state index is 0.120. The van der Waals surface area contributed by atoms with Crippen LogP contribution in [0.4, 0.5) is 0 Å². The van der Waals surface area contributed by atoms with Crippen LogP contribution in [0.5, 0.6) is 0 Å². The molecule has 0 saturated carbocycles. The smallest absolute Gasteiger partial charge is 0.304 e. The molecular weight excluding hydrogens is 244 g/mol. The molecule has 110 valence electrons. The van der Waals surface area contributed by atoms with Crippen LogP contribution >= 0.6 is 0 Å². The summed E-state index contributed by atoms with van der Waals surface area (Å²) in [5.41, 5.74) is -0.527. The predicted octanol–water partition coefficient (Wildman–Crippen LogP) is 1.38. The van der Waals surface area contributed by atoms with Gasteiger partial charge in [-0.2, -0.15) is 0 Å². The molecule has 0 spiro atoms. The highest BCUT2D eigenvalue weighted by Crippen LogP contribution is 2.30. The van der Waals surface area contributed by atoms with E-state index in [1.54, 1.807) is 0 Å². The predicted molar refractivity (Wildman–Crippen MR) is 73.8 cm³/mol. The van der Waals surface area contributed by atoms with Crippen LogP contribution in [0.1, 0.15) is 47.0 Å². The molecule has 0 radical (unpaired) electrons. The SMILES string of the molecule is CCCC1(NC(=O)C(CC(=O)O)C(C)(C)C)CNC1. The molecule has 1 unspecified atom stereocenters. The van der Waals surface area contributed by atoms with Crippen LogP contribution in [-0.4, -0.2) is 35.6 Å². The summed E-state index contributed by atoms with van der Waals surface area (Å²) in [5, 5.41) is 15.2. The Morgan fingerprint density at radius 3 is 2.26 bits per heavy atom. The summed E-state index contributed by atoms with van der Waals surface area (Å²) in [7, 11) is 0. The Morgan fingerprint density at radius 2 is 1.95 bits per heavy atom.